The normalized spacial score (nSPS) is 18.6. The number of amides is 3. The van der Waals surface area contributed by atoms with E-state index in [4.69, 9.17) is 0 Å². The van der Waals surface area contributed by atoms with E-state index in [1.807, 2.05) is 0 Å². The molecule has 1 aromatic rings. The van der Waals surface area contributed by atoms with Gasteiger partial charge in [0.15, 0.2) is 0 Å². The fourth-order valence-electron chi connectivity index (χ4n) is 2.61. The third-order valence-corrected chi connectivity index (χ3v) is 4.02. The maximum absolute atomic E-state index is 12.0. The largest absolute Gasteiger partial charge is 0.354 e. The second-order valence-corrected chi connectivity index (χ2v) is 5.96. The molecule has 0 bridgehead atoms. The summed E-state index contributed by atoms with van der Waals surface area (Å²) in [5, 5.41) is 9.13. The number of imide groups is 1. The highest BCUT2D eigenvalue weighted by Crippen LogP contribution is 2.38. The van der Waals surface area contributed by atoms with Crippen molar-refractivity contribution in [2.24, 2.45) is 5.92 Å². The van der Waals surface area contributed by atoms with Crippen LogP contribution in [0.15, 0.2) is 16.9 Å². The minimum absolute atomic E-state index is 0.00688. The van der Waals surface area contributed by atoms with Gasteiger partial charge in [-0.05, 0) is 18.9 Å². The van der Waals surface area contributed by atoms with Gasteiger partial charge in [0.1, 0.15) is 0 Å². The summed E-state index contributed by atoms with van der Waals surface area (Å²) in [4.78, 5) is 46.3. The Morgan fingerprint density at radius 2 is 1.91 bits per heavy atom. The van der Waals surface area contributed by atoms with E-state index < -0.39 is 17.7 Å². The molecule has 122 valence electrons. The monoisotopic (exact) mass is 318 g/mol. The molecule has 3 amide bonds. The van der Waals surface area contributed by atoms with Gasteiger partial charge in [0, 0.05) is 31.4 Å². The molecule has 1 aliphatic heterocycles. The van der Waals surface area contributed by atoms with Gasteiger partial charge in [-0.15, -0.1) is 0 Å². The van der Waals surface area contributed by atoms with Crippen molar-refractivity contribution in [2.45, 2.75) is 38.1 Å². The number of carbonyl (C=O) groups excluding carboxylic acids is 3. The maximum atomic E-state index is 12.0. The van der Waals surface area contributed by atoms with Gasteiger partial charge in [-0.2, -0.15) is 5.10 Å². The van der Waals surface area contributed by atoms with Crippen LogP contribution in [-0.2, 0) is 20.9 Å². The van der Waals surface area contributed by atoms with Crippen molar-refractivity contribution in [3.05, 3.63) is 28.2 Å². The number of carbonyl (C=O) groups is 3. The molecular formula is C15H18N4O4. The topological polar surface area (TPSA) is 110 Å². The molecule has 8 nitrogen and oxygen atoms in total. The molecule has 0 unspecified atom stereocenters. The summed E-state index contributed by atoms with van der Waals surface area (Å²) in [6, 6.07) is 3.24. The summed E-state index contributed by atoms with van der Waals surface area (Å²) in [5.41, 5.74) is 0.696. The Kier molecular flexibility index (Phi) is 4.22. The predicted octanol–water partition coefficient (Wildman–Crippen LogP) is -0.710. The summed E-state index contributed by atoms with van der Waals surface area (Å²) >= 11 is 0. The Morgan fingerprint density at radius 1 is 1.22 bits per heavy atom. The first-order chi connectivity index (χ1) is 11.0. The fraction of sp³-hybridized carbons (Fsp3) is 0.533. The smallest absolute Gasteiger partial charge is 0.266 e. The molecule has 3 rings (SSSR count). The number of nitrogens with zero attached hydrogens (tertiary/aromatic N) is 2. The first-order valence-corrected chi connectivity index (χ1v) is 7.71. The van der Waals surface area contributed by atoms with Gasteiger partial charge in [-0.25, -0.2) is 4.68 Å². The summed E-state index contributed by atoms with van der Waals surface area (Å²) in [6.07, 6.45) is 2.21. The summed E-state index contributed by atoms with van der Waals surface area (Å²) in [7, 11) is 0. The predicted molar refractivity (Wildman–Crippen MR) is 79.4 cm³/mol. The third-order valence-electron chi connectivity index (χ3n) is 4.02. The zero-order chi connectivity index (χ0) is 16.4. The Morgan fingerprint density at radius 3 is 2.57 bits per heavy atom. The Labute approximate surface area is 132 Å². The lowest BCUT2D eigenvalue weighted by molar-refractivity contribution is -0.140. The molecule has 2 heterocycles. The average molecular weight is 318 g/mol. The summed E-state index contributed by atoms with van der Waals surface area (Å²) in [6.45, 7) is 0.490. The molecule has 0 aromatic carbocycles. The number of hydrogen-bond donors (Lipinski definition) is 2. The lowest BCUT2D eigenvalue weighted by Gasteiger charge is -2.20. The van der Waals surface area contributed by atoms with E-state index in [-0.39, 0.29) is 37.4 Å². The van der Waals surface area contributed by atoms with Crippen molar-refractivity contribution in [3.63, 3.8) is 0 Å². The van der Waals surface area contributed by atoms with E-state index in [2.05, 4.69) is 15.7 Å². The van der Waals surface area contributed by atoms with Crippen LogP contribution in [0.2, 0.25) is 0 Å². The van der Waals surface area contributed by atoms with E-state index in [1.54, 1.807) is 6.07 Å². The molecule has 0 radical (unpaired) electrons. The van der Waals surface area contributed by atoms with Crippen molar-refractivity contribution < 1.29 is 14.4 Å². The first kappa shape index (κ1) is 15.4. The highest BCUT2D eigenvalue weighted by Gasteiger charge is 2.30. The molecular weight excluding hydrogens is 300 g/mol. The average Bonchev–Trinajstić information content (AvgIpc) is 3.32. The van der Waals surface area contributed by atoms with Crippen LogP contribution in [0.3, 0.4) is 0 Å². The van der Waals surface area contributed by atoms with Crippen molar-refractivity contribution >= 4 is 17.7 Å². The molecule has 8 heteroatoms. The van der Waals surface area contributed by atoms with Crippen LogP contribution in [0.25, 0.3) is 0 Å². The number of hydrogen-bond acceptors (Lipinski definition) is 5. The van der Waals surface area contributed by atoms with Gasteiger partial charge < -0.3 is 5.32 Å². The number of aromatic nitrogens is 2. The quantitative estimate of drug-likeness (QED) is 0.697. The maximum Gasteiger partial charge on any atom is 0.266 e. The van der Waals surface area contributed by atoms with Crippen molar-refractivity contribution in [1.29, 1.82) is 0 Å². The van der Waals surface area contributed by atoms with E-state index in [1.165, 1.54) is 10.7 Å². The Balaban J connectivity index is 1.54. The van der Waals surface area contributed by atoms with Crippen LogP contribution in [0, 0.1) is 5.92 Å². The molecule has 2 aliphatic rings. The second-order valence-electron chi connectivity index (χ2n) is 5.96. The molecule has 0 atom stereocenters. The zero-order valence-electron chi connectivity index (χ0n) is 12.6. The van der Waals surface area contributed by atoms with Gasteiger partial charge in [0.2, 0.25) is 17.7 Å². The molecule has 23 heavy (non-hydrogen) atoms. The number of rotatable bonds is 5. The molecule has 1 saturated heterocycles. The van der Waals surface area contributed by atoms with Crippen molar-refractivity contribution in [3.8, 4) is 0 Å². The molecule has 2 N–H and O–H groups in total. The third kappa shape index (κ3) is 3.82. The van der Waals surface area contributed by atoms with Crippen LogP contribution in [-0.4, -0.2) is 34.0 Å². The Hall–Kier alpha value is -2.51. The van der Waals surface area contributed by atoms with Gasteiger partial charge >= 0.3 is 0 Å². The molecule has 2 fully saturated rings. The first-order valence-electron chi connectivity index (χ1n) is 7.71. The number of nitrogens with one attached hydrogen (secondary N) is 2. The van der Waals surface area contributed by atoms with Crippen molar-refractivity contribution in [1.82, 2.24) is 20.4 Å². The van der Waals surface area contributed by atoms with E-state index in [0.717, 1.165) is 18.5 Å². The van der Waals surface area contributed by atoms with E-state index in [9.17, 15) is 19.2 Å². The van der Waals surface area contributed by atoms with Gasteiger partial charge in [-0.1, -0.05) is 0 Å². The lowest BCUT2D eigenvalue weighted by atomic mass is 9.96. The van der Waals surface area contributed by atoms with Gasteiger partial charge in [0.25, 0.3) is 5.56 Å². The standard InChI is InChI=1S/C15H18N4O4/c20-12-7-10(8-13(21)17-12)15(23)16-5-6-19-14(22)4-3-11(18-19)9-1-2-9/h3-4,9-10H,1-2,5-8H2,(H,16,23)(H,17,20,21). The zero-order valence-corrected chi connectivity index (χ0v) is 12.6. The molecule has 1 aliphatic carbocycles. The number of piperidine rings is 1. The lowest BCUT2D eigenvalue weighted by Crippen LogP contribution is -2.45. The van der Waals surface area contributed by atoms with Crippen LogP contribution in [0.1, 0.15) is 37.3 Å². The second kappa shape index (κ2) is 6.31. The van der Waals surface area contributed by atoms with Crippen LogP contribution in [0.5, 0.6) is 0 Å². The molecule has 0 spiro atoms. The summed E-state index contributed by atoms with van der Waals surface area (Å²) in [5.74, 6) is -1.41. The van der Waals surface area contributed by atoms with E-state index in [0.29, 0.717) is 5.92 Å². The van der Waals surface area contributed by atoms with Gasteiger partial charge in [0.05, 0.1) is 18.2 Å². The highest BCUT2D eigenvalue weighted by molar-refractivity contribution is 6.02. The van der Waals surface area contributed by atoms with Crippen LogP contribution >= 0.6 is 0 Å². The minimum Gasteiger partial charge on any atom is -0.354 e. The van der Waals surface area contributed by atoms with Crippen LogP contribution in [0.4, 0.5) is 0 Å². The SMILES string of the molecule is O=C1CC(C(=O)NCCn2nc(C3CC3)ccc2=O)CC(=O)N1. The molecule has 1 saturated carbocycles. The van der Waals surface area contributed by atoms with Gasteiger partial charge in [-0.3, -0.25) is 24.5 Å². The summed E-state index contributed by atoms with van der Waals surface area (Å²) < 4.78 is 1.34. The minimum atomic E-state index is -0.640. The van der Waals surface area contributed by atoms with E-state index >= 15 is 0 Å². The van der Waals surface area contributed by atoms with Crippen molar-refractivity contribution in [2.75, 3.05) is 6.54 Å². The fourth-order valence-corrected chi connectivity index (χ4v) is 2.61. The molecule has 1 aromatic heterocycles. The van der Waals surface area contributed by atoms with Crippen LogP contribution < -0.4 is 16.2 Å². The Bertz CT molecular complexity index is 692. The highest BCUT2D eigenvalue weighted by atomic mass is 16.2.